The Kier molecular flexibility index (Phi) is 7.10. The third-order valence-electron chi connectivity index (χ3n) is 4.55. The first-order valence-electron chi connectivity index (χ1n) is 9.41. The number of pyridine rings is 1. The predicted octanol–water partition coefficient (Wildman–Crippen LogP) is 1.54. The summed E-state index contributed by atoms with van der Waals surface area (Å²) in [7, 11) is 1.61. The van der Waals surface area contributed by atoms with E-state index in [2.05, 4.69) is 15.0 Å². The number of rotatable bonds is 9. The Morgan fingerprint density at radius 2 is 1.93 bits per heavy atom. The van der Waals surface area contributed by atoms with Crippen molar-refractivity contribution in [2.45, 2.75) is 13.2 Å². The minimum absolute atomic E-state index is 0.0439. The molecule has 0 saturated carbocycles. The van der Waals surface area contributed by atoms with E-state index in [1.54, 1.807) is 26.3 Å². The number of carboxylic acids is 1. The molecule has 30 heavy (non-hydrogen) atoms. The van der Waals surface area contributed by atoms with Crippen LogP contribution in [0.1, 0.15) is 21.6 Å². The van der Waals surface area contributed by atoms with E-state index in [1.807, 2.05) is 30.3 Å². The summed E-state index contributed by atoms with van der Waals surface area (Å²) in [6.07, 6.45) is 3.48. The van der Waals surface area contributed by atoms with Crippen molar-refractivity contribution in [2.24, 2.45) is 0 Å². The molecule has 0 aliphatic carbocycles. The Bertz CT molecular complexity index is 1020. The molecule has 3 aromatic rings. The molecule has 3 rings (SSSR count). The number of aliphatic hydroxyl groups excluding tert-OH is 1. The summed E-state index contributed by atoms with van der Waals surface area (Å²) in [5.74, 6) is -0.293. The van der Waals surface area contributed by atoms with Gasteiger partial charge in [0.15, 0.2) is 5.82 Å². The number of carboxylic acid groups (broad SMARTS) is 1. The molecule has 0 unspecified atom stereocenters. The quantitative estimate of drug-likeness (QED) is 0.514. The smallest absolute Gasteiger partial charge is 0.355 e. The molecule has 8 nitrogen and oxygen atoms in total. The molecule has 2 heterocycles. The van der Waals surface area contributed by atoms with Crippen molar-refractivity contribution in [2.75, 3.05) is 20.3 Å². The first kappa shape index (κ1) is 21.4. The fourth-order valence-corrected chi connectivity index (χ4v) is 3.03. The average molecular weight is 407 g/mol. The van der Waals surface area contributed by atoms with Gasteiger partial charge in [0.1, 0.15) is 12.4 Å². The highest BCUT2D eigenvalue weighted by Crippen LogP contribution is 2.21. The normalized spacial score (nSPS) is 10.6. The summed E-state index contributed by atoms with van der Waals surface area (Å²) in [6, 6.07) is 11.6. The molecule has 9 heteroatoms. The first-order valence-corrected chi connectivity index (χ1v) is 9.41. The topological polar surface area (TPSA) is 115 Å². The van der Waals surface area contributed by atoms with Crippen molar-refractivity contribution in [1.82, 2.24) is 15.0 Å². The van der Waals surface area contributed by atoms with E-state index in [0.29, 0.717) is 34.7 Å². The number of nitrogens with zero attached hydrogens (tertiary/aromatic N) is 3. The fourth-order valence-electron chi connectivity index (χ4n) is 3.03. The Morgan fingerprint density at radius 3 is 2.57 bits per heavy atom. The van der Waals surface area contributed by atoms with Gasteiger partial charge in [-0.15, -0.1) is 0 Å². The molecule has 2 N–H and O–H groups in total. The van der Waals surface area contributed by atoms with Crippen LogP contribution in [0.2, 0.25) is 0 Å². The molecule has 0 bridgehead atoms. The lowest BCUT2D eigenvalue weighted by atomic mass is 9.59. The van der Waals surface area contributed by atoms with Gasteiger partial charge in [0.05, 0.1) is 23.5 Å². The Hall–Kier alpha value is -3.30. The molecular formula is C21H22BN3O5. The first-order chi connectivity index (χ1) is 14.5. The van der Waals surface area contributed by atoms with E-state index in [0.717, 1.165) is 5.56 Å². The minimum atomic E-state index is -1.08. The molecule has 0 atom stereocenters. The van der Waals surface area contributed by atoms with Gasteiger partial charge >= 0.3 is 12.9 Å². The summed E-state index contributed by atoms with van der Waals surface area (Å²) in [4.78, 5) is 24.2. The van der Waals surface area contributed by atoms with Crippen molar-refractivity contribution in [1.29, 1.82) is 0 Å². The van der Waals surface area contributed by atoms with E-state index in [-0.39, 0.29) is 25.7 Å². The second kappa shape index (κ2) is 9.95. The summed E-state index contributed by atoms with van der Waals surface area (Å²) < 4.78 is 11.4. The Balaban J connectivity index is 1.96. The fraction of sp³-hybridized carbons (Fsp3) is 0.238. The number of hydrogen-bond acceptors (Lipinski definition) is 7. The molecule has 0 spiro atoms. The van der Waals surface area contributed by atoms with E-state index in [9.17, 15) is 9.90 Å². The molecule has 0 aliphatic heterocycles. The minimum Gasteiger partial charge on any atom is -0.490 e. The van der Waals surface area contributed by atoms with Crippen molar-refractivity contribution >= 4 is 18.5 Å². The second-order valence-corrected chi connectivity index (χ2v) is 6.59. The van der Waals surface area contributed by atoms with E-state index < -0.39 is 5.97 Å². The summed E-state index contributed by atoms with van der Waals surface area (Å²) >= 11 is 0. The highest BCUT2D eigenvalue weighted by Gasteiger charge is 2.25. The van der Waals surface area contributed by atoms with Crippen LogP contribution in [0.4, 0.5) is 0 Å². The molecule has 0 fully saturated rings. The predicted molar refractivity (Wildman–Crippen MR) is 112 cm³/mol. The van der Waals surface area contributed by atoms with Gasteiger partial charge in [0.25, 0.3) is 0 Å². The van der Waals surface area contributed by atoms with Gasteiger partial charge in [0, 0.05) is 25.1 Å². The third-order valence-corrected chi connectivity index (χ3v) is 4.55. The van der Waals surface area contributed by atoms with Gasteiger partial charge in [-0.1, -0.05) is 35.9 Å². The Labute approximate surface area is 174 Å². The maximum atomic E-state index is 11.2. The van der Waals surface area contributed by atoms with Crippen LogP contribution in [0, 0.1) is 6.92 Å². The van der Waals surface area contributed by atoms with Crippen LogP contribution in [0.5, 0.6) is 5.75 Å². The van der Waals surface area contributed by atoms with Crippen LogP contribution in [-0.4, -0.2) is 58.4 Å². The summed E-state index contributed by atoms with van der Waals surface area (Å²) in [6.45, 7) is 1.20. The maximum absolute atomic E-state index is 11.2. The number of ether oxygens (including phenoxy) is 1. The number of hydrogen-bond donors (Lipinski definition) is 2. The maximum Gasteiger partial charge on any atom is 0.355 e. The molecule has 0 radical (unpaired) electrons. The highest BCUT2D eigenvalue weighted by atomic mass is 16.5. The number of aromatic nitrogens is 3. The molecule has 0 aliphatic rings. The number of aromatic carboxylic acids is 1. The van der Waals surface area contributed by atoms with Crippen molar-refractivity contribution in [3.63, 3.8) is 0 Å². The number of aryl methyl sites for hydroxylation is 1. The zero-order valence-corrected chi connectivity index (χ0v) is 16.8. The van der Waals surface area contributed by atoms with Gasteiger partial charge in [-0.2, -0.15) is 0 Å². The molecule has 0 saturated heterocycles. The van der Waals surface area contributed by atoms with Gasteiger partial charge in [-0.25, -0.2) is 14.8 Å². The summed E-state index contributed by atoms with van der Waals surface area (Å²) in [5, 5.41) is 18.4. The van der Waals surface area contributed by atoms with Crippen LogP contribution < -0.4 is 10.3 Å². The van der Waals surface area contributed by atoms with Crippen LogP contribution in [0.3, 0.4) is 0 Å². The van der Waals surface area contributed by atoms with Gasteiger partial charge in [-0.05, 0) is 19.3 Å². The third kappa shape index (κ3) is 5.00. The van der Waals surface area contributed by atoms with Gasteiger partial charge < -0.3 is 19.6 Å². The van der Waals surface area contributed by atoms with Gasteiger partial charge in [0.2, 0.25) is 0 Å². The largest absolute Gasteiger partial charge is 0.490 e. The number of aliphatic hydroxyl groups is 1. The number of carbonyl (C=O) groups is 1. The molecular weight excluding hydrogens is 385 g/mol. The number of benzene rings is 1. The Morgan fingerprint density at radius 1 is 1.17 bits per heavy atom. The van der Waals surface area contributed by atoms with Crippen molar-refractivity contribution in [3.05, 3.63) is 65.6 Å². The van der Waals surface area contributed by atoms with E-state index in [4.69, 9.17) is 14.5 Å². The van der Waals surface area contributed by atoms with Crippen LogP contribution in [-0.2, 0) is 11.0 Å². The molecule has 0 amide bonds. The molecule has 2 aromatic heterocycles. The lowest BCUT2D eigenvalue weighted by Crippen LogP contribution is -2.39. The molecule has 1 aromatic carbocycles. The van der Waals surface area contributed by atoms with Crippen LogP contribution in [0.15, 0.2) is 48.8 Å². The van der Waals surface area contributed by atoms with Crippen molar-refractivity contribution in [3.8, 4) is 17.1 Å². The van der Waals surface area contributed by atoms with Crippen LogP contribution in [0.25, 0.3) is 11.4 Å². The van der Waals surface area contributed by atoms with Crippen molar-refractivity contribution < 1.29 is 24.4 Å². The lowest BCUT2D eigenvalue weighted by molar-refractivity contribution is 0.0695. The molecule has 154 valence electrons. The standard InChI is InChI=1S/C21H22BN3O5/c1-14-17(21(27)28)13-24-20(25-14)16-10-18(30-9-8-26)19(23-12-16)22(29-2)11-15-6-4-3-5-7-15/h3-7,10,12-13,26H,8-9,11H2,1-2H3,(H,27,28). The highest BCUT2D eigenvalue weighted by molar-refractivity contribution is 6.66. The lowest BCUT2D eigenvalue weighted by Gasteiger charge is -2.16. The summed E-state index contributed by atoms with van der Waals surface area (Å²) in [5.41, 5.74) is 2.65. The zero-order valence-electron chi connectivity index (χ0n) is 16.8. The zero-order chi connectivity index (χ0) is 21.5. The van der Waals surface area contributed by atoms with Crippen LogP contribution >= 0.6 is 0 Å². The van der Waals surface area contributed by atoms with E-state index in [1.165, 1.54) is 6.20 Å². The average Bonchev–Trinajstić information content (AvgIpc) is 2.76. The second-order valence-electron chi connectivity index (χ2n) is 6.59. The van der Waals surface area contributed by atoms with Gasteiger partial charge in [-0.3, -0.25) is 4.98 Å². The van der Waals surface area contributed by atoms with E-state index >= 15 is 0 Å². The monoisotopic (exact) mass is 407 g/mol. The SMILES string of the molecule is COB(Cc1ccccc1)c1ncc(-c2ncc(C(=O)O)c(C)n2)cc1OCCO.